The van der Waals surface area contributed by atoms with Crippen molar-refractivity contribution in [3.05, 3.63) is 23.2 Å². The molecule has 1 aromatic carbocycles. The zero-order chi connectivity index (χ0) is 14.6. The number of ether oxygens (including phenoxy) is 1. The number of amides is 1. The molecule has 1 atom stereocenters. The van der Waals surface area contributed by atoms with Crippen LogP contribution in [0.1, 0.15) is 6.92 Å². The van der Waals surface area contributed by atoms with Gasteiger partial charge in [0.15, 0.2) is 0 Å². The van der Waals surface area contributed by atoms with Crippen LogP contribution in [0.2, 0.25) is 5.02 Å². The molecular formula is C10H14ClN3O4S. The molecule has 0 bridgehead atoms. The molecule has 0 heterocycles. The summed E-state index contributed by atoms with van der Waals surface area (Å²) in [6.45, 7) is 1.37. The van der Waals surface area contributed by atoms with Crippen molar-refractivity contribution < 1.29 is 17.9 Å². The van der Waals surface area contributed by atoms with Crippen LogP contribution in [0, 0.1) is 0 Å². The van der Waals surface area contributed by atoms with E-state index in [4.69, 9.17) is 22.2 Å². The van der Waals surface area contributed by atoms with Gasteiger partial charge in [0.25, 0.3) is 5.91 Å². The summed E-state index contributed by atoms with van der Waals surface area (Å²) in [5.41, 5.74) is 1.86. The fourth-order valence-corrected chi connectivity index (χ4v) is 2.84. The second-order valence-corrected chi connectivity index (χ2v) is 5.77. The van der Waals surface area contributed by atoms with Gasteiger partial charge in [-0.15, -0.1) is 0 Å². The number of hydrazine groups is 1. The number of benzene rings is 1. The highest BCUT2D eigenvalue weighted by Crippen LogP contribution is 2.26. The van der Waals surface area contributed by atoms with Crippen molar-refractivity contribution >= 4 is 27.5 Å². The number of halogens is 1. The summed E-state index contributed by atoms with van der Waals surface area (Å²) in [4.78, 5) is 11.1. The first kappa shape index (κ1) is 15.7. The molecule has 19 heavy (non-hydrogen) atoms. The number of methoxy groups -OCH3 is 1. The van der Waals surface area contributed by atoms with E-state index in [2.05, 4.69) is 4.72 Å². The van der Waals surface area contributed by atoms with Crippen molar-refractivity contribution in [2.45, 2.75) is 17.9 Å². The molecule has 1 aromatic rings. The molecule has 4 N–H and O–H groups in total. The van der Waals surface area contributed by atoms with E-state index < -0.39 is 22.0 Å². The van der Waals surface area contributed by atoms with E-state index in [1.165, 1.54) is 32.2 Å². The Labute approximate surface area is 116 Å². The zero-order valence-corrected chi connectivity index (χ0v) is 11.9. The Hall–Kier alpha value is -1.35. The van der Waals surface area contributed by atoms with E-state index >= 15 is 0 Å². The highest BCUT2D eigenvalue weighted by Gasteiger charge is 2.22. The number of carbonyl (C=O) groups excluding carboxylic acids is 1. The Morgan fingerprint density at radius 3 is 2.58 bits per heavy atom. The van der Waals surface area contributed by atoms with Gasteiger partial charge in [0, 0.05) is 0 Å². The van der Waals surface area contributed by atoms with Crippen LogP contribution in [-0.4, -0.2) is 27.5 Å². The number of hydrogen-bond donors (Lipinski definition) is 3. The fourth-order valence-electron chi connectivity index (χ4n) is 1.29. The highest BCUT2D eigenvalue weighted by atomic mass is 35.5. The Morgan fingerprint density at radius 1 is 1.47 bits per heavy atom. The molecule has 0 radical (unpaired) electrons. The maximum absolute atomic E-state index is 12.0. The van der Waals surface area contributed by atoms with Crippen LogP contribution in [-0.2, 0) is 14.8 Å². The lowest BCUT2D eigenvalue weighted by Gasteiger charge is -2.13. The van der Waals surface area contributed by atoms with Crippen molar-refractivity contribution in [1.29, 1.82) is 0 Å². The van der Waals surface area contributed by atoms with Gasteiger partial charge in [0.1, 0.15) is 5.75 Å². The summed E-state index contributed by atoms with van der Waals surface area (Å²) in [6, 6.07) is 2.97. The molecule has 0 aliphatic carbocycles. The molecule has 7 nitrogen and oxygen atoms in total. The largest absolute Gasteiger partial charge is 0.495 e. The number of sulfonamides is 1. The van der Waals surface area contributed by atoms with Crippen LogP contribution in [0.4, 0.5) is 0 Å². The predicted molar refractivity (Wildman–Crippen MR) is 70.1 cm³/mol. The van der Waals surface area contributed by atoms with Crippen LogP contribution in [0.3, 0.4) is 0 Å². The minimum Gasteiger partial charge on any atom is -0.495 e. The molecule has 0 spiro atoms. The molecule has 106 valence electrons. The summed E-state index contributed by atoms with van der Waals surface area (Å²) in [6.07, 6.45) is 0. The molecule has 1 amide bonds. The van der Waals surface area contributed by atoms with E-state index in [0.717, 1.165) is 0 Å². The number of nitrogens with two attached hydrogens (primary N) is 1. The van der Waals surface area contributed by atoms with Crippen LogP contribution < -0.4 is 20.7 Å². The predicted octanol–water partition coefficient (Wildman–Crippen LogP) is 0.00530. The Kier molecular flexibility index (Phi) is 5.12. The standard InChI is InChI=1S/C10H14ClN3O4S/c1-6(10(15)13-12)14-19(16,17)7-3-4-9(18-2)8(11)5-7/h3-6,14H,12H2,1-2H3,(H,13,15)/t6-/m0/s1. The lowest BCUT2D eigenvalue weighted by molar-refractivity contribution is -0.122. The van der Waals surface area contributed by atoms with E-state index in [9.17, 15) is 13.2 Å². The van der Waals surface area contributed by atoms with Crippen LogP contribution in [0.15, 0.2) is 23.1 Å². The average Bonchev–Trinajstić information content (AvgIpc) is 2.37. The smallest absolute Gasteiger partial charge is 0.251 e. The molecule has 0 aromatic heterocycles. The topological polar surface area (TPSA) is 111 Å². The third-order valence-corrected chi connectivity index (χ3v) is 4.13. The van der Waals surface area contributed by atoms with Gasteiger partial charge in [-0.25, -0.2) is 14.3 Å². The van der Waals surface area contributed by atoms with E-state index in [-0.39, 0.29) is 9.92 Å². The summed E-state index contributed by atoms with van der Waals surface area (Å²) in [5, 5.41) is 0.154. The maximum Gasteiger partial charge on any atom is 0.251 e. The SMILES string of the molecule is COc1ccc(S(=O)(=O)N[C@@H](C)C(=O)NN)cc1Cl. The second kappa shape index (κ2) is 6.20. The minimum atomic E-state index is -3.87. The van der Waals surface area contributed by atoms with Crippen LogP contribution in [0.25, 0.3) is 0 Å². The molecule has 0 fully saturated rings. The van der Waals surface area contributed by atoms with Gasteiger partial charge in [-0.2, -0.15) is 4.72 Å². The van der Waals surface area contributed by atoms with E-state index in [1.54, 1.807) is 0 Å². The monoisotopic (exact) mass is 307 g/mol. The van der Waals surface area contributed by atoms with Crippen molar-refractivity contribution in [2.75, 3.05) is 7.11 Å². The van der Waals surface area contributed by atoms with Crippen molar-refractivity contribution in [3.8, 4) is 5.75 Å². The quantitative estimate of drug-likeness (QED) is 0.403. The first-order valence-electron chi connectivity index (χ1n) is 5.18. The van der Waals surface area contributed by atoms with Gasteiger partial charge in [0.05, 0.1) is 23.1 Å². The lowest BCUT2D eigenvalue weighted by atomic mass is 10.3. The molecule has 0 saturated heterocycles. The summed E-state index contributed by atoms with van der Waals surface area (Å²) >= 11 is 5.85. The lowest BCUT2D eigenvalue weighted by Crippen LogP contribution is -2.47. The maximum atomic E-state index is 12.0. The summed E-state index contributed by atoms with van der Waals surface area (Å²) in [7, 11) is -2.45. The Bertz CT molecular complexity index is 576. The molecule has 1 rings (SSSR count). The number of carbonyl (C=O) groups is 1. The average molecular weight is 308 g/mol. The second-order valence-electron chi connectivity index (χ2n) is 3.65. The zero-order valence-electron chi connectivity index (χ0n) is 10.3. The van der Waals surface area contributed by atoms with Gasteiger partial charge in [-0.05, 0) is 25.1 Å². The van der Waals surface area contributed by atoms with Crippen molar-refractivity contribution in [2.24, 2.45) is 5.84 Å². The van der Waals surface area contributed by atoms with Gasteiger partial charge in [-0.3, -0.25) is 10.2 Å². The van der Waals surface area contributed by atoms with Crippen LogP contribution in [0.5, 0.6) is 5.75 Å². The molecular weight excluding hydrogens is 294 g/mol. The molecule has 0 unspecified atom stereocenters. The summed E-state index contributed by atoms with van der Waals surface area (Å²) < 4.78 is 31.1. The molecule has 0 aliphatic heterocycles. The van der Waals surface area contributed by atoms with Crippen molar-refractivity contribution in [1.82, 2.24) is 10.1 Å². The van der Waals surface area contributed by atoms with E-state index in [1.807, 2.05) is 5.43 Å². The third kappa shape index (κ3) is 3.80. The fraction of sp³-hybridized carbons (Fsp3) is 0.300. The number of nitrogens with one attached hydrogen (secondary N) is 2. The summed E-state index contributed by atoms with van der Waals surface area (Å²) in [5.74, 6) is 4.63. The normalized spacial score (nSPS) is 12.8. The van der Waals surface area contributed by atoms with E-state index in [0.29, 0.717) is 5.75 Å². The first-order valence-corrected chi connectivity index (χ1v) is 7.04. The number of hydrogen-bond acceptors (Lipinski definition) is 5. The Morgan fingerprint density at radius 2 is 2.11 bits per heavy atom. The molecule has 0 aliphatic rings. The number of rotatable bonds is 5. The minimum absolute atomic E-state index is 0.0741. The van der Waals surface area contributed by atoms with Gasteiger partial charge in [0.2, 0.25) is 10.0 Å². The van der Waals surface area contributed by atoms with Crippen molar-refractivity contribution in [3.63, 3.8) is 0 Å². The molecule has 0 saturated carbocycles. The third-order valence-electron chi connectivity index (χ3n) is 2.30. The van der Waals surface area contributed by atoms with Gasteiger partial charge < -0.3 is 4.74 Å². The Balaban J connectivity index is 3.01. The van der Waals surface area contributed by atoms with Gasteiger partial charge in [-0.1, -0.05) is 11.6 Å². The highest BCUT2D eigenvalue weighted by molar-refractivity contribution is 7.89. The van der Waals surface area contributed by atoms with Gasteiger partial charge >= 0.3 is 0 Å². The first-order chi connectivity index (χ1) is 8.81. The van der Waals surface area contributed by atoms with Crippen LogP contribution >= 0.6 is 11.6 Å². The molecule has 9 heteroatoms.